The Morgan fingerprint density at radius 1 is 1.31 bits per heavy atom. The Kier molecular flexibility index (Phi) is 7.32. The van der Waals surface area contributed by atoms with Crippen molar-refractivity contribution in [2.24, 2.45) is 0 Å². The van der Waals surface area contributed by atoms with Crippen LogP contribution in [0.25, 0.3) is 0 Å². The van der Waals surface area contributed by atoms with E-state index in [9.17, 15) is 14.4 Å². The number of carbonyl (C=O) groups excluding carboxylic acids is 3. The molecule has 142 valence electrons. The van der Waals surface area contributed by atoms with Crippen molar-refractivity contribution in [2.75, 3.05) is 43.7 Å². The topological polar surface area (TPSA) is 79.0 Å². The van der Waals surface area contributed by atoms with Crippen LogP contribution >= 0.6 is 11.8 Å². The molecule has 0 aromatic heterocycles. The van der Waals surface area contributed by atoms with Crippen LogP contribution in [-0.2, 0) is 14.4 Å². The molecular formula is C18H25N3O4S. The summed E-state index contributed by atoms with van der Waals surface area (Å²) in [5.41, 5.74) is 0.702. The average molecular weight is 379 g/mol. The zero-order valence-corrected chi connectivity index (χ0v) is 16.2. The van der Waals surface area contributed by atoms with Crippen molar-refractivity contribution in [1.29, 1.82) is 0 Å². The SMILES string of the molecule is COc1ccccc1N1CCN(C(=O)[C@H](CCSC)NC(C)=O)CC1=O. The highest BCUT2D eigenvalue weighted by molar-refractivity contribution is 7.98. The molecule has 26 heavy (non-hydrogen) atoms. The van der Waals surface area contributed by atoms with E-state index in [1.165, 1.54) is 11.8 Å². The van der Waals surface area contributed by atoms with E-state index < -0.39 is 6.04 Å². The van der Waals surface area contributed by atoms with E-state index in [1.807, 2.05) is 24.5 Å². The van der Waals surface area contributed by atoms with Crippen molar-refractivity contribution in [3.63, 3.8) is 0 Å². The molecule has 0 radical (unpaired) electrons. The molecule has 1 aliphatic rings. The molecule has 1 N–H and O–H groups in total. The number of amides is 3. The van der Waals surface area contributed by atoms with Crippen LogP contribution < -0.4 is 15.0 Å². The minimum atomic E-state index is -0.592. The van der Waals surface area contributed by atoms with E-state index in [-0.39, 0.29) is 24.3 Å². The first kappa shape index (κ1) is 20.1. The average Bonchev–Trinajstić information content (AvgIpc) is 2.64. The van der Waals surface area contributed by atoms with Crippen LogP contribution in [0.15, 0.2) is 24.3 Å². The van der Waals surface area contributed by atoms with Crippen LogP contribution in [0.3, 0.4) is 0 Å². The second-order valence-electron chi connectivity index (χ2n) is 6.01. The molecule has 1 aromatic carbocycles. The predicted octanol–water partition coefficient (Wildman–Crippen LogP) is 1.13. The molecule has 1 saturated heterocycles. The number of para-hydroxylation sites is 2. The van der Waals surface area contributed by atoms with Gasteiger partial charge < -0.3 is 19.9 Å². The van der Waals surface area contributed by atoms with E-state index >= 15 is 0 Å². The fraction of sp³-hybridized carbons (Fsp3) is 0.500. The van der Waals surface area contributed by atoms with Crippen molar-refractivity contribution < 1.29 is 19.1 Å². The van der Waals surface area contributed by atoms with Crippen LogP contribution in [0.1, 0.15) is 13.3 Å². The summed E-state index contributed by atoms with van der Waals surface area (Å²) in [5.74, 6) is 0.759. The maximum atomic E-state index is 12.8. The lowest BCUT2D eigenvalue weighted by atomic mass is 10.1. The Labute approximate surface area is 158 Å². The van der Waals surface area contributed by atoms with Crippen molar-refractivity contribution >= 4 is 35.2 Å². The van der Waals surface area contributed by atoms with Gasteiger partial charge >= 0.3 is 0 Å². The van der Waals surface area contributed by atoms with Gasteiger partial charge in [-0.25, -0.2) is 0 Å². The highest BCUT2D eigenvalue weighted by atomic mass is 32.2. The van der Waals surface area contributed by atoms with Crippen molar-refractivity contribution in [1.82, 2.24) is 10.2 Å². The lowest BCUT2D eigenvalue weighted by molar-refractivity contribution is -0.140. The predicted molar refractivity (Wildman–Crippen MR) is 103 cm³/mol. The van der Waals surface area contributed by atoms with Crippen LogP contribution in [0, 0.1) is 0 Å². The van der Waals surface area contributed by atoms with Crippen LogP contribution in [0.5, 0.6) is 5.75 Å². The highest BCUT2D eigenvalue weighted by Crippen LogP contribution is 2.28. The Morgan fingerprint density at radius 2 is 2.04 bits per heavy atom. The second-order valence-corrected chi connectivity index (χ2v) is 7.00. The molecule has 3 amide bonds. The number of rotatable bonds is 7. The number of nitrogens with one attached hydrogen (secondary N) is 1. The molecular weight excluding hydrogens is 354 g/mol. The molecule has 0 unspecified atom stereocenters. The van der Waals surface area contributed by atoms with E-state index in [4.69, 9.17) is 4.74 Å². The zero-order chi connectivity index (χ0) is 19.1. The van der Waals surface area contributed by atoms with Crippen molar-refractivity contribution in [3.05, 3.63) is 24.3 Å². The van der Waals surface area contributed by atoms with Gasteiger partial charge in [-0.3, -0.25) is 14.4 Å². The summed E-state index contributed by atoms with van der Waals surface area (Å²) in [6.07, 6.45) is 2.49. The minimum absolute atomic E-state index is 0.00770. The normalized spacial score (nSPS) is 15.6. The molecule has 0 saturated carbocycles. The third-order valence-corrected chi connectivity index (χ3v) is 4.84. The Morgan fingerprint density at radius 3 is 2.65 bits per heavy atom. The van der Waals surface area contributed by atoms with Crippen molar-refractivity contribution in [3.8, 4) is 5.75 Å². The van der Waals surface area contributed by atoms with Gasteiger partial charge in [-0.05, 0) is 30.6 Å². The number of hydrogen-bond donors (Lipinski definition) is 1. The first-order valence-corrected chi connectivity index (χ1v) is 9.85. The number of anilines is 1. The van der Waals surface area contributed by atoms with Crippen LogP contribution in [0.4, 0.5) is 5.69 Å². The number of thioether (sulfide) groups is 1. The molecule has 1 heterocycles. The minimum Gasteiger partial charge on any atom is -0.495 e. The molecule has 0 bridgehead atoms. The summed E-state index contributed by atoms with van der Waals surface area (Å²) in [4.78, 5) is 39.9. The summed E-state index contributed by atoms with van der Waals surface area (Å²) < 4.78 is 5.32. The van der Waals surface area contributed by atoms with Gasteiger partial charge in [0, 0.05) is 20.0 Å². The van der Waals surface area contributed by atoms with Gasteiger partial charge in [0.25, 0.3) is 0 Å². The number of nitrogens with zero attached hydrogens (tertiary/aromatic N) is 2. The van der Waals surface area contributed by atoms with Crippen LogP contribution in [0.2, 0.25) is 0 Å². The van der Waals surface area contributed by atoms with Gasteiger partial charge in [0.15, 0.2) is 0 Å². The highest BCUT2D eigenvalue weighted by Gasteiger charge is 2.32. The first-order chi connectivity index (χ1) is 12.5. The number of carbonyl (C=O) groups is 3. The Bertz CT molecular complexity index is 668. The lowest BCUT2D eigenvalue weighted by Crippen LogP contribution is -2.57. The molecule has 1 atom stereocenters. The lowest BCUT2D eigenvalue weighted by Gasteiger charge is -2.36. The number of piperazine rings is 1. The molecule has 8 heteroatoms. The number of ether oxygens (including phenoxy) is 1. The monoisotopic (exact) mass is 379 g/mol. The first-order valence-electron chi connectivity index (χ1n) is 8.46. The fourth-order valence-corrected chi connectivity index (χ4v) is 3.40. The summed E-state index contributed by atoms with van der Waals surface area (Å²) in [7, 11) is 1.56. The molecule has 1 fully saturated rings. The molecule has 7 nitrogen and oxygen atoms in total. The van der Waals surface area contributed by atoms with E-state index in [2.05, 4.69) is 5.32 Å². The standard InChI is InChI=1S/C18H25N3O4S/c1-13(22)19-14(8-11-26-3)18(24)20-9-10-21(17(23)12-20)15-6-4-5-7-16(15)25-2/h4-7,14H,8-12H2,1-3H3,(H,19,22)/t14-/m0/s1. The maximum absolute atomic E-state index is 12.8. The Balaban J connectivity index is 2.07. The molecule has 1 aromatic rings. The van der Waals surface area contributed by atoms with Gasteiger partial charge in [0.1, 0.15) is 18.3 Å². The smallest absolute Gasteiger partial charge is 0.246 e. The summed E-state index contributed by atoms with van der Waals surface area (Å²) in [5, 5.41) is 2.70. The zero-order valence-electron chi connectivity index (χ0n) is 15.4. The third-order valence-electron chi connectivity index (χ3n) is 4.19. The van der Waals surface area contributed by atoms with Gasteiger partial charge in [-0.2, -0.15) is 11.8 Å². The van der Waals surface area contributed by atoms with Gasteiger partial charge in [0.05, 0.1) is 12.8 Å². The second kappa shape index (κ2) is 9.47. The van der Waals surface area contributed by atoms with E-state index in [0.29, 0.717) is 30.9 Å². The summed E-state index contributed by atoms with van der Waals surface area (Å²) in [6.45, 7) is 2.19. The molecule has 0 aliphatic carbocycles. The van der Waals surface area contributed by atoms with Crippen molar-refractivity contribution in [2.45, 2.75) is 19.4 Å². The Hall–Kier alpha value is -2.22. The largest absolute Gasteiger partial charge is 0.495 e. The van der Waals surface area contributed by atoms with Gasteiger partial charge in [-0.1, -0.05) is 12.1 Å². The summed E-state index contributed by atoms with van der Waals surface area (Å²) >= 11 is 1.61. The molecule has 1 aliphatic heterocycles. The molecule has 0 spiro atoms. The summed E-state index contributed by atoms with van der Waals surface area (Å²) in [6, 6.07) is 6.72. The van der Waals surface area contributed by atoms with Gasteiger partial charge in [-0.15, -0.1) is 0 Å². The van der Waals surface area contributed by atoms with Crippen LogP contribution in [-0.4, -0.2) is 67.4 Å². The molecule has 2 rings (SSSR count). The number of hydrogen-bond acceptors (Lipinski definition) is 5. The number of benzene rings is 1. The van der Waals surface area contributed by atoms with Gasteiger partial charge in [0.2, 0.25) is 17.7 Å². The third kappa shape index (κ3) is 4.91. The quantitative estimate of drug-likeness (QED) is 0.768. The fourth-order valence-electron chi connectivity index (χ4n) is 2.93. The van der Waals surface area contributed by atoms with E-state index in [1.54, 1.807) is 29.8 Å². The van der Waals surface area contributed by atoms with E-state index in [0.717, 1.165) is 5.75 Å². The number of methoxy groups -OCH3 is 1. The maximum Gasteiger partial charge on any atom is 0.246 e.